The summed E-state index contributed by atoms with van der Waals surface area (Å²) >= 11 is 0. The van der Waals surface area contributed by atoms with E-state index in [-0.39, 0.29) is 10.6 Å². The molecular formula is C25H25FN2O6S. The summed E-state index contributed by atoms with van der Waals surface area (Å²) in [6.07, 6.45) is 0. The fourth-order valence-electron chi connectivity index (χ4n) is 3.63. The van der Waals surface area contributed by atoms with E-state index in [0.717, 1.165) is 22.0 Å². The van der Waals surface area contributed by atoms with Gasteiger partial charge in [-0.05, 0) is 73.2 Å². The van der Waals surface area contributed by atoms with Crippen LogP contribution >= 0.6 is 0 Å². The van der Waals surface area contributed by atoms with E-state index in [9.17, 15) is 17.6 Å². The van der Waals surface area contributed by atoms with Gasteiger partial charge in [0.1, 0.15) is 31.3 Å². The zero-order valence-electron chi connectivity index (χ0n) is 19.2. The third-order valence-electron chi connectivity index (χ3n) is 5.49. The summed E-state index contributed by atoms with van der Waals surface area (Å²) in [4.78, 5) is 12.9. The topological polar surface area (TPSA) is 94.2 Å². The molecule has 0 bridgehead atoms. The van der Waals surface area contributed by atoms with Crippen LogP contribution in [0.1, 0.15) is 18.5 Å². The second kappa shape index (κ2) is 10.2. The number of halogens is 1. The molecule has 0 aromatic heterocycles. The molecule has 0 radical (unpaired) electrons. The number of hydrogen-bond acceptors (Lipinski definition) is 6. The molecule has 0 saturated heterocycles. The van der Waals surface area contributed by atoms with Crippen molar-refractivity contribution in [1.82, 2.24) is 5.32 Å². The van der Waals surface area contributed by atoms with Gasteiger partial charge in [-0.3, -0.25) is 9.10 Å². The molecule has 0 fully saturated rings. The standard InChI is InChI=1S/C25H25FN2O6S/c1-17(18-3-12-23-24(15-18)34-14-13-33-23)27-25(29)16-28(20-6-4-19(26)5-7-20)35(30,31)22-10-8-21(32-2)9-11-22/h3-12,15,17H,13-14,16H2,1-2H3,(H,27,29)/t17-/m0/s1. The highest BCUT2D eigenvalue weighted by molar-refractivity contribution is 7.92. The number of sulfonamides is 1. The average molecular weight is 501 g/mol. The molecule has 35 heavy (non-hydrogen) atoms. The second-order valence-corrected chi connectivity index (χ2v) is 9.72. The highest BCUT2D eigenvalue weighted by Crippen LogP contribution is 2.32. The summed E-state index contributed by atoms with van der Waals surface area (Å²) in [6, 6.07) is 15.6. The van der Waals surface area contributed by atoms with Gasteiger partial charge in [0.05, 0.1) is 23.7 Å². The first kappa shape index (κ1) is 24.3. The van der Waals surface area contributed by atoms with Crippen LogP contribution in [0.3, 0.4) is 0 Å². The lowest BCUT2D eigenvalue weighted by atomic mass is 10.1. The molecule has 1 aliphatic heterocycles. The maximum absolute atomic E-state index is 13.5. The number of rotatable bonds is 8. The van der Waals surface area contributed by atoms with Gasteiger partial charge in [0.2, 0.25) is 5.91 Å². The third kappa shape index (κ3) is 5.48. The highest BCUT2D eigenvalue weighted by Gasteiger charge is 2.28. The van der Waals surface area contributed by atoms with Gasteiger partial charge in [0.25, 0.3) is 10.0 Å². The number of carbonyl (C=O) groups excluding carboxylic acids is 1. The van der Waals surface area contributed by atoms with Crippen molar-refractivity contribution < 1.29 is 31.8 Å². The number of nitrogens with one attached hydrogen (secondary N) is 1. The monoisotopic (exact) mass is 500 g/mol. The van der Waals surface area contributed by atoms with Gasteiger partial charge < -0.3 is 19.5 Å². The minimum absolute atomic E-state index is 0.0321. The Kier molecular flexibility index (Phi) is 7.11. The molecule has 1 N–H and O–H groups in total. The largest absolute Gasteiger partial charge is 0.497 e. The minimum Gasteiger partial charge on any atom is -0.497 e. The van der Waals surface area contributed by atoms with Gasteiger partial charge in [0, 0.05) is 0 Å². The molecule has 8 nitrogen and oxygen atoms in total. The minimum atomic E-state index is -4.14. The summed E-state index contributed by atoms with van der Waals surface area (Å²) in [5.74, 6) is 0.653. The Hall–Kier alpha value is -3.79. The number of benzene rings is 3. The van der Waals surface area contributed by atoms with E-state index in [2.05, 4.69) is 5.32 Å². The molecule has 3 aromatic carbocycles. The predicted octanol–water partition coefficient (Wildman–Crippen LogP) is 3.68. The summed E-state index contributed by atoms with van der Waals surface area (Å²) in [7, 11) is -2.67. The zero-order valence-corrected chi connectivity index (χ0v) is 20.0. The van der Waals surface area contributed by atoms with E-state index in [4.69, 9.17) is 14.2 Å². The van der Waals surface area contributed by atoms with Gasteiger partial charge in [-0.1, -0.05) is 6.07 Å². The van der Waals surface area contributed by atoms with Crippen molar-refractivity contribution in [3.63, 3.8) is 0 Å². The fraction of sp³-hybridized carbons (Fsp3) is 0.240. The normalized spacial score (nSPS) is 13.6. The quantitative estimate of drug-likeness (QED) is 0.507. The molecule has 1 heterocycles. The number of anilines is 1. The molecule has 1 aliphatic rings. The summed E-state index contributed by atoms with van der Waals surface area (Å²) in [5.41, 5.74) is 0.929. The molecule has 1 amide bonds. The van der Waals surface area contributed by atoms with Crippen LogP contribution in [-0.4, -0.2) is 41.2 Å². The van der Waals surface area contributed by atoms with E-state index in [1.807, 2.05) is 6.07 Å². The summed E-state index contributed by atoms with van der Waals surface area (Å²) < 4.78 is 57.6. The van der Waals surface area contributed by atoms with Crippen molar-refractivity contribution >= 4 is 21.6 Å². The first-order chi connectivity index (χ1) is 16.8. The Morgan fingerprint density at radius 2 is 1.69 bits per heavy atom. The number of fused-ring (bicyclic) bond motifs is 1. The van der Waals surface area contributed by atoms with Crippen LogP contribution in [0.2, 0.25) is 0 Å². The molecule has 0 aliphatic carbocycles. The maximum atomic E-state index is 13.5. The first-order valence-electron chi connectivity index (χ1n) is 10.9. The Balaban J connectivity index is 1.56. The maximum Gasteiger partial charge on any atom is 0.264 e. The Labute approximate surface area is 203 Å². The molecule has 1 atom stereocenters. The third-order valence-corrected chi connectivity index (χ3v) is 7.28. The van der Waals surface area contributed by atoms with E-state index in [1.54, 1.807) is 19.1 Å². The zero-order chi connectivity index (χ0) is 25.0. The molecule has 4 rings (SSSR count). The smallest absolute Gasteiger partial charge is 0.264 e. The van der Waals surface area contributed by atoms with Gasteiger partial charge >= 0.3 is 0 Å². The first-order valence-corrected chi connectivity index (χ1v) is 12.3. The predicted molar refractivity (Wildman–Crippen MR) is 128 cm³/mol. The second-order valence-electron chi connectivity index (χ2n) is 7.86. The molecule has 0 unspecified atom stereocenters. The number of nitrogens with zero attached hydrogens (tertiary/aromatic N) is 1. The number of methoxy groups -OCH3 is 1. The molecule has 3 aromatic rings. The molecule has 10 heteroatoms. The van der Waals surface area contributed by atoms with E-state index in [0.29, 0.717) is 30.5 Å². The molecular weight excluding hydrogens is 475 g/mol. The van der Waals surface area contributed by atoms with Gasteiger partial charge in [-0.2, -0.15) is 0 Å². The summed E-state index contributed by atoms with van der Waals surface area (Å²) in [6.45, 7) is 2.19. The lowest BCUT2D eigenvalue weighted by molar-refractivity contribution is -0.120. The van der Waals surface area contributed by atoms with Crippen LogP contribution in [0.15, 0.2) is 71.6 Å². The van der Waals surface area contributed by atoms with Gasteiger partial charge in [-0.25, -0.2) is 12.8 Å². The Morgan fingerprint density at radius 1 is 1.03 bits per heavy atom. The number of carbonyl (C=O) groups is 1. The SMILES string of the molecule is COc1ccc(S(=O)(=O)N(CC(=O)N[C@@H](C)c2ccc3c(c2)OCCO3)c2ccc(F)cc2)cc1. The van der Waals surface area contributed by atoms with Gasteiger partial charge in [-0.15, -0.1) is 0 Å². The number of ether oxygens (including phenoxy) is 3. The van der Waals surface area contributed by atoms with Gasteiger partial charge in [0.15, 0.2) is 11.5 Å². The van der Waals surface area contributed by atoms with Crippen LogP contribution in [-0.2, 0) is 14.8 Å². The number of amides is 1. The molecule has 0 saturated carbocycles. The van der Waals surface area contributed by atoms with Crippen LogP contribution in [0.5, 0.6) is 17.2 Å². The lowest BCUT2D eigenvalue weighted by Gasteiger charge is -2.25. The Morgan fingerprint density at radius 3 is 2.34 bits per heavy atom. The average Bonchev–Trinajstić information content (AvgIpc) is 2.87. The van der Waals surface area contributed by atoms with Crippen LogP contribution in [0.25, 0.3) is 0 Å². The van der Waals surface area contributed by atoms with Crippen molar-refractivity contribution in [2.75, 3.05) is 31.2 Å². The van der Waals surface area contributed by atoms with Crippen molar-refractivity contribution in [3.8, 4) is 17.2 Å². The van der Waals surface area contributed by atoms with Crippen LogP contribution in [0, 0.1) is 5.82 Å². The van der Waals surface area contributed by atoms with Crippen molar-refractivity contribution in [2.45, 2.75) is 17.9 Å². The van der Waals surface area contributed by atoms with E-state index < -0.39 is 34.3 Å². The molecule has 0 spiro atoms. The highest BCUT2D eigenvalue weighted by atomic mass is 32.2. The number of hydrogen-bond donors (Lipinski definition) is 1. The summed E-state index contributed by atoms with van der Waals surface area (Å²) in [5, 5.41) is 2.82. The van der Waals surface area contributed by atoms with Crippen LogP contribution in [0.4, 0.5) is 10.1 Å². The van der Waals surface area contributed by atoms with Crippen molar-refractivity contribution in [2.24, 2.45) is 0 Å². The van der Waals surface area contributed by atoms with E-state index >= 15 is 0 Å². The Bertz CT molecular complexity index is 1300. The van der Waals surface area contributed by atoms with Crippen molar-refractivity contribution in [3.05, 3.63) is 78.1 Å². The fourth-order valence-corrected chi connectivity index (χ4v) is 5.05. The molecule has 184 valence electrons. The van der Waals surface area contributed by atoms with Crippen LogP contribution < -0.4 is 23.8 Å². The van der Waals surface area contributed by atoms with Crippen molar-refractivity contribution in [1.29, 1.82) is 0 Å². The lowest BCUT2D eigenvalue weighted by Crippen LogP contribution is -2.41. The van der Waals surface area contributed by atoms with E-state index in [1.165, 1.54) is 43.5 Å².